The van der Waals surface area contributed by atoms with E-state index < -0.39 is 0 Å². The molecule has 0 saturated carbocycles. The van der Waals surface area contributed by atoms with Crippen molar-refractivity contribution >= 4 is 17.3 Å². The lowest BCUT2D eigenvalue weighted by Crippen LogP contribution is -2.25. The molecule has 2 atom stereocenters. The largest absolute Gasteiger partial charge is 0.295 e. The molecule has 0 aromatic heterocycles. The van der Waals surface area contributed by atoms with Crippen LogP contribution in [0.2, 0.25) is 0 Å². The van der Waals surface area contributed by atoms with Gasteiger partial charge in [-0.1, -0.05) is 77.4 Å². The van der Waals surface area contributed by atoms with Crippen molar-refractivity contribution < 1.29 is 14.4 Å². The first kappa shape index (κ1) is 25.7. The molecular weight excluding hydrogens is 480 g/mol. The van der Waals surface area contributed by atoms with Gasteiger partial charge in [-0.3, -0.25) is 14.4 Å². The maximum absolute atomic E-state index is 13.9. The molecule has 0 saturated heterocycles. The van der Waals surface area contributed by atoms with Crippen molar-refractivity contribution in [1.82, 2.24) is 0 Å². The molecule has 6 rings (SSSR count). The van der Waals surface area contributed by atoms with Gasteiger partial charge < -0.3 is 0 Å². The van der Waals surface area contributed by atoms with Crippen molar-refractivity contribution in [2.24, 2.45) is 11.8 Å². The van der Waals surface area contributed by atoms with E-state index in [0.29, 0.717) is 25.7 Å². The Morgan fingerprint density at radius 3 is 2.56 bits per heavy atom. The summed E-state index contributed by atoms with van der Waals surface area (Å²) in [6, 6.07) is 8.11. The van der Waals surface area contributed by atoms with E-state index in [-0.39, 0.29) is 34.6 Å². The minimum absolute atomic E-state index is 0.0405. The third-order valence-corrected chi connectivity index (χ3v) is 9.21. The fraction of sp³-hybridized carbons (Fsp3) is 0.361. The van der Waals surface area contributed by atoms with Gasteiger partial charge in [0.25, 0.3) is 0 Å². The summed E-state index contributed by atoms with van der Waals surface area (Å²) in [6.07, 6.45) is 17.8. The van der Waals surface area contributed by atoms with E-state index in [4.69, 9.17) is 0 Å². The van der Waals surface area contributed by atoms with E-state index in [1.54, 1.807) is 0 Å². The first-order chi connectivity index (χ1) is 18.7. The van der Waals surface area contributed by atoms with Gasteiger partial charge in [-0.15, -0.1) is 6.58 Å². The Kier molecular flexibility index (Phi) is 6.49. The number of allylic oxidation sites excluding steroid dienone is 13. The lowest BCUT2D eigenvalue weighted by Gasteiger charge is -2.28. The number of carbonyl (C=O) groups excluding carboxylic acids is 3. The standard InChI is InChI=1S/C36H36O3/c1-22(2)18-31-25(11-15-32(37)23-6-4-5-7-23)19-28-21-27-20-26(10-14-30(27)33(28)35(31)39)34(38)24-8-12-29(13-9-24)36(3)16-17-36/h4-6,8-9,12-13,16-17,19,26,31H,1,7,10-11,14-15,18,20-21H2,2-3H3. The van der Waals surface area contributed by atoms with Crippen LogP contribution in [0.4, 0.5) is 0 Å². The summed E-state index contributed by atoms with van der Waals surface area (Å²) in [5.41, 5.74) is 9.40. The van der Waals surface area contributed by atoms with Gasteiger partial charge in [-0.25, -0.2) is 0 Å². The van der Waals surface area contributed by atoms with E-state index in [0.717, 1.165) is 59.1 Å². The predicted molar refractivity (Wildman–Crippen MR) is 155 cm³/mol. The van der Waals surface area contributed by atoms with Gasteiger partial charge in [0.1, 0.15) is 0 Å². The second-order valence-electron chi connectivity index (χ2n) is 12.2. The zero-order valence-electron chi connectivity index (χ0n) is 23.0. The van der Waals surface area contributed by atoms with Crippen molar-refractivity contribution in [3.8, 4) is 0 Å². The minimum atomic E-state index is -0.239. The summed E-state index contributed by atoms with van der Waals surface area (Å²) in [7, 11) is 0. The van der Waals surface area contributed by atoms with Crippen molar-refractivity contribution in [2.45, 2.75) is 70.6 Å². The molecule has 1 aromatic carbocycles. The molecule has 2 unspecified atom stereocenters. The Hall–Kier alpha value is -3.59. The van der Waals surface area contributed by atoms with Gasteiger partial charge in [0.05, 0.1) is 0 Å². The third-order valence-electron chi connectivity index (χ3n) is 9.21. The molecular formula is C36H36O3. The van der Waals surface area contributed by atoms with Crippen LogP contribution in [0.25, 0.3) is 0 Å². The average molecular weight is 517 g/mol. The highest BCUT2D eigenvalue weighted by molar-refractivity contribution is 6.07. The van der Waals surface area contributed by atoms with Crippen LogP contribution in [-0.2, 0) is 15.0 Å². The number of Topliss-reactive ketones (excluding diaryl/α,β-unsaturated/α-hetero) is 3. The van der Waals surface area contributed by atoms with E-state index in [2.05, 4.69) is 43.9 Å². The molecule has 1 aromatic rings. The summed E-state index contributed by atoms with van der Waals surface area (Å²) in [5, 5.41) is 0. The Morgan fingerprint density at radius 1 is 1.13 bits per heavy atom. The molecule has 0 amide bonds. The Labute approximate surface area is 231 Å². The van der Waals surface area contributed by atoms with E-state index in [1.165, 1.54) is 16.7 Å². The van der Waals surface area contributed by atoms with Crippen LogP contribution in [0, 0.1) is 11.8 Å². The highest BCUT2D eigenvalue weighted by Gasteiger charge is 2.40. The Bertz CT molecular complexity index is 1480. The fourth-order valence-electron chi connectivity index (χ4n) is 6.77. The molecule has 0 bridgehead atoms. The van der Waals surface area contributed by atoms with Crippen LogP contribution < -0.4 is 0 Å². The second-order valence-corrected chi connectivity index (χ2v) is 12.2. The number of ketones is 3. The first-order valence-electron chi connectivity index (χ1n) is 14.3. The smallest absolute Gasteiger partial charge is 0.170 e. The fourth-order valence-corrected chi connectivity index (χ4v) is 6.77. The molecule has 0 spiro atoms. The quantitative estimate of drug-likeness (QED) is 0.248. The lowest BCUT2D eigenvalue weighted by molar-refractivity contribution is -0.119. The zero-order valence-corrected chi connectivity index (χ0v) is 23.0. The molecule has 5 aliphatic rings. The van der Waals surface area contributed by atoms with Gasteiger partial charge in [0.2, 0.25) is 0 Å². The van der Waals surface area contributed by atoms with Crippen molar-refractivity contribution in [2.75, 3.05) is 0 Å². The number of hydrogen-bond acceptors (Lipinski definition) is 3. The molecule has 198 valence electrons. The number of hydrogen-bond donors (Lipinski definition) is 0. The van der Waals surface area contributed by atoms with Crippen LogP contribution in [0.1, 0.15) is 81.1 Å². The summed E-state index contributed by atoms with van der Waals surface area (Å²) >= 11 is 0. The van der Waals surface area contributed by atoms with Crippen LogP contribution in [0.15, 0.2) is 106 Å². The van der Waals surface area contributed by atoms with Crippen LogP contribution >= 0.6 is 0 Å². The molecule has 3 nitrogen and oxygen atoms in total. The summed E-state index contributed by atoms with van der Waals surface area (Å²) < 4.78 is 0. The highest BCUT2D eigenvalue weighted by Crippen LogP contribution is 2.49. The predicted octanol–water partition coefficient (Wildman–Crippen LogP) is 7.82. The van der Waals surface area contributed by atoms with Gasteiger partial charge in [-0.05, 0) is 81.1 Å². The van der Waals surface area contributed by atoms with Crippen molar-refractivity contribution in [3.05, 3.63) is 117 Å². The Balaban J connectivity index is 1.18. The number of benzene rings is 1. The zero-order chi connectivity index (χ0) is 27.3. The van der Waals surface area contributed by atoms with Gasteiger partial charge >= 0.3 is 0 Å². The van der Waals surface area contributed by atoms with Crippen molar-refractivity contribution in [1.29, 1.82) is 0 Å². The highest BCUT2D eigenvalue weighted by atomic mass is 16.1. The topological polar surface area (TPSA) is 51.2 Å². The van der Waals surface area contributed by atoms with E-state index in [9.17, 15) is 14.4 Å². The van der Waals surface area contributed by atoms with Crippen LogP contribution in [0.3, 0.4) is 0 Å². The average Bonchev–Trinajstić information content (AvgIpc) is 3.30. The maximum Gasteiger partial charge on any atom is 0.170 e. The minimum Gasteiger partial charge on any atom is -0.295 e. The number of rotatable bonds is 9. The molecule has 0 fully saturated rings. The first-order valence-corrected chi connectivity index (χ1v) is 14.3. The van der Waals surface area contributed by atoms with Gasteiger partial charge in [0, 0.05) is 34.8 Å². The van der Waals surface area contributed by atoms with Crippen LogP contribution in [0.5, 0.6) is 0 Å². The van der Waals surface area contributed by atoms with Crippen molar-refractivity contribution in [3.63, 3.8) is 0 Å². The molecule has 0 radical (unpaired) electrons. The van der Waals surface area contributed by atoms with E-state index in [1.807, 2.05) is 37.3 Å². The number of carbonyl (C=O) groups is 3. The molecule has 3 heteroatoms. The second kappa shape index (κ2) is 9.86. The summed E-state index contributed by atoms with van der Waals surface area (Å²) in [5.74, 6) is 0.289. The van der Waals surface area contributed by atoms with Gasteiger partial charge in [-0.2, -0.15) is 0 Å². The third kappa shape index (κ3) is 4.84. The normalized spacial score (nSPS) is 24.4. The molecule has 5 aliphatic carbocycles. The van der Waals surface area contributed by atoms with Gasteiger partial charge in [0.15, 0.2) is 17.3 Å². The SMILES string of the molecule is C=C(C)CC1C(=O)C2=C(C=C1CCC(=O)C1=CC=CC1)CC1=C2CCC(C(=O)c2ccc(C3(C)C=C3)cc2)C1. The molecule has 39 heavy (non-hydrogen) atoms. The molecule has 0 heterocycles. The molecule has 0 aliphatic heterocycles. The molecule has 0 N–H and O–H groups in total. The lowest BCUT2D eigenvalue weighted by atomic mass is 9.75. The number of fused-ring (bicyclic) bond motifs is 1. The van der Waals surface area contributed by atoms with E-state index >= 15 is 0 Å². The summed E-state index contributed by atoms with van der Waals surface area (Å²) in [6.45, 7) is 8.24. The summed E-state index contributed by atoms with van der Waals surface area (Å²) in [4.78, 5) is 40.1. The monoisotopic (exact) mass is 516 g/mol. The van der Waals surface area contributed by atoms with Crippen LogP contribution in [-0.4, -0.2) is 17.3 Å². The maximum atomic E-state index is 13.9. The Morgan fingerprint density at radius 2 is 1.90 bits per heavy atom.